The fourth-order valence-corrected chi connectivity index (χ4v) is 3.18. The first-order valence-corrected chi connectivity index (χ1v) is 8.07. The highest BCUT2D eigenvalue weighted by atomic mass is 16.5. The summed E-state index contributed by atoms with van der Waals surface area (Å²) in [5.74, 6) is 2.00. The topological polar surface area (TPSA) is 45.7 Å². The first kappa shape index (κ1) is 14.2. The third kappa shape index (κ3) is 3.69. The normalized spacial score (nSPS) is 18.4. The molecule has 1 aliphatic heterocycles. The minimum Gasteiger partial charge on any atom is -0.493 e. The molecule has 2 aliphatic rings. The lowest BCUT2D eigenvalue weighted by Gasteiger charge is -2.16. The van der Waals surface area contributed by atoms with Crippen molar-refractivity contribution in [1.82, 2.24) is 10.6 Å². The van der Waals surface area contributed by atoms with Gasteiger partial charge in [0.25, 0.3) is 0 Å². The van der Waals surface area contributed by atoms with Crippen molar-refractivity contribution in [3.8, 4) is 5.75 Å². The van der Waals surface area contributed by atoms with Gasteiger partial charge in [0, 0.05) is 26.1 Å². The zero-order valence-corrected chi connectivity index (χ0v) is 12.8. The van der Waals surface area contributed by atoms with Crippen molar-refractivity contribution in [1.29, 1.82) is 0 Å². The fourth-order valence-electron chi connectivity index (χ4n) is 3.18. The molecule has 0 aromatic heterocycles. The summed E-state index contributed by atoms with van der Waals surface area (Å²) in [6.45, 7) is 1.74. The van der Waals surface area contributed by atoms with Crippen molar-refractivity contribution in [3.63, 3.8) is 0 Å². The van der Waals surface area contributed by atoms with Crippen LogP contribution in [0.2, 0.25) is 0 Å². The van der Waals surface area contributed by atoms with Crippen LogP contribution in [0.5, 0.6) is 5.75 Å². The fraction of sp³-hybridized carbons (Fsp3) is 0.588. The molecule has 21 heavy (non-hydrogen) atoms. The van der Waals surface area contributed by atoms with Crippen LogP contribution in [0.3, 0.4) is 0 Å². The van der Waals surface area contributed by atoms with Crippen LogP contribution in [-0.2, 0) is 12.8 Å². The number of hydrogen-bond donors (Lipinski definition) is 2. The SMILES string of the molecule is CN=C(NCCc1ccc2c(c1)CCO2)NC1CCCC1. The molecule has 0 atom stereocenters. The zero-order valence-electron chi connectivity index (χ0n) is 12.8. The summed E-state index contributed by atoms with van der Waals surface area (Å²) in [6, 6.07) is 7.15. The van der Waals surface area contributed by atoms with Crippen LogP contribution < -0.4 is 15.4 Å². The smallest absolute Gasteiger partial charge is 0.191 e. The van der Waals surface area contributed by atoms with Crippen LogP contribution in [-0.4, -0.2) is 32.2 Å². The summed E-state index contributed by atoms with van der Waals surface area (Å²) in [5, 5.41) is 6.93. The molecular weight excluding hydrogens is 262 g/mol. The maximum Gasteiger partial charge on any atom is 0.191 e. The average molecular weight is 287 g/mol. The first-order chi connectivity index (χ1) is 10.3. The number of aliphatic imine (C=N–C) groups is 1. The van der Waals surface area contributed by atoms with Gasteiger partial charge in [0.1, 0.15) is 5.75 Å². The largest absolute Gasteiger partial charge is 0.493 e. The van der Waals surface area contributed by atoms with E-state index in [9.17, 15) is 0 Å². The molecule has 0 radical (unpaired) electrons. The predicted octanol–water partition coefficient (Wildman–Crippen LogP) is 2.27. The molecule has 1 fully saturated rings. The van der Waals surface area contributed by atoms with Gasteiger partial charge in [0.15, 0.2) is 5.96 Å². The van der Waals surface area contributed by atoms with Gasteiger partial charge in [0.2, 0.25) is 0 Å². The highest BCUT2D eigenvalue weighted by molar-refractivity contribution is 5.79. The van der Waals surface area contributed by atoms with Crippen molar-refractivity contribution in [2.24, 2.45) is 4.99 Å². The monoisotopic (exact) mass is 287 g/mol. The minimum absolute atomic E-state index is 0.605. The lowest BCUT2D eigenvalue weighted by atomic mass is 10.1. The number of nitrogens with zero attached hydrogens (tertiary/aromatic N) is 1. The summed E-state index contributed by atoms with van der Waals surface area (Å²) < 4.78 is 5.54. The second-order valence-electron chi connectivity index (χ2n) is 5.92. The van der Waals surface area contributed by atoms with Crippen molar-refractivity contribution >= 4 is 5.96 Å². The van der Waals surface area contributed by atoms with E-state index < -0.39 is 0 Å². The molecular formula is C17H25N3O. The lowest BCUT2D eigenvalue weighted by molar-refractivity contribution is 0.357. The molecule has 0 saturated heterocycles. The van der Waals surface area contributed by atoms with E-state index in [0.717, 1.165) is 37.7 Å². The summed E-state index contributed by atoms with van der Waals surface area (Å²) in [5.41, 5.74) is 2.71. The van der Waals surface area contributed by atoms with Gasteiger partial charge in [-0.15, -0.1) is 0 Å². The quantitative estimate of drug-likeness (QED) is 0.659. The van der Waals surface area contributed by atoms with E-state index in [-0.39, 0.29) is 0 Å². The maximum atomic E-state index is 5.54. The van der Waals surface area contributed by atoms with E-state index in [1.54, 1.807) is 0 Å². The highest BCUT2D eigenvalue weighted by Gasteiger charge is 2.16. The zero-order chi connectivity index (χ0) is 14.5. The van der Waals surface area contributed by atoms with E-state index in [4.69, 9.17) is 4.74 Å². The van der Waals surface area contributed by atoms with Gasteiger partial charge in [0.05, 0.1) is 6.61 Å². The summed E-state index contributed by atoms with van der Waals surface area (Å²) >= 11 is 0. The Morgan fingerprint density at radius 2 is 2.19 bits per heavy atom. The molecule has 0 unspecified atom stereocenters. The van der Waals surface area contributed by atoms with Gasteiger partial charge in [-0.25, -0.2) is 0 Å². The van der Waals surface area contributed by atoms with Crippen molar-refractivity contribution in [3.05, 3.63) is 29.3 Å². The minimum atomic E-state index is 0.605. The summed E-state index contributed by atoms with van der Waals surface area (Å²) in [6.07, 6.45) is 7.27. The Labute approximate surface area is 127 Å². The molecule has 1 heterocycles. The third-order valence-corrected chi connectivity index (χ3v) is 4.38. The van der Waals surface area contributed by atoms with Gasteiger partial charge in [-0.2, -0.15) is 0 Å². The van der Waals surface area contributed by atoms with Crippen molar-refractivity contribution < 1.29 is 4.74 Å². The van der Waals surface area contributed by atoms with E-state index in [1.807, 2.05) is 7.05 Å². The Morgan fingerprint density at radius 3 is 3.00 bits per heavy atom. The molecule has 1 saturated carbocycles. The van der Waals surface area contributed by atoms with Gasteiger partial charge in [-0.3, -0.25) is 4.99 Å². The lowest BCUT2D eigenvalue weighted by Crippen LogP contribution is -2.42. The Hall–Kier alpha value is -1.71. The summed E-state index contributed by atoms with van der Waals surface area (Å²) in [7, 11) is 1.84. The highest BCUT2D eigenvalue weighted by Crippen LogP contribution is 2.25. The molecule has 1 aromatic rings. The standard InChI is InChI=1S/C17H25N3O/c1-18-17(20-15-4-2-3-5-15)19-10-8-13-6-7-16-14(12-13)9-11-21-16/h6-7,12,15H,2-5,8-11H2,1H3,(H2,18,19,20). The molecule has 2 N–H and O–H groups in total. The Balaban J connectivity index is 1.46. The molecule has 0 spiro atoms. The predicted molar refractivity (Wildman–Crippen MR) is 86.1 cm³/mol. The molecule has 3 rings (SSSR count). The second kappa shape index (κ2) is 6.83. The summed E-state index contributed by atoms with van der Waals surface area (Å²) in [4.78, 5) is 4.31. The van der Waals surface area contributed by atoms with Crippen molar-refractivity contribution in [2.75, 3.05) is 20.2 Å². The van der Waals surface area contributed by atoms with Gasteiger partial charge < -0.3 is 15.4 Å². The van der Waals surface area contributed by atoms with Crippen LogP contribution in [0.1, 0.15) is 36.8 Å². The van der Waals surface area contributed by atoms with Gasteiger partial charge >= 0.3 is 0 Å². The molecule has 4 heteroatoms. The van der Waals surface area contributed by atoms with E-state index in [0.29, 0.717) is 6.04 Å². The number of nitrogens with one attached hydrogen (secondary N) is 2. The van der Waals surface area contributed by atoms with Crippen LogP contribution in [0.15, 0.2) is 23.2 Å². The number of ether oxygens (including phenoxy) is 1. The van der Waals surface area contributed by atoms with E-state index in [1.165, 1.54) is 36.8 Å². The number of hydrogen-bond acceptors (Lipinski definition) is 2. The number of rotatable bonds is 4. The molecule has 1 aromatic carbocycles. The third-order valence-electron chi connectivity index (χ3n) is 4.38. The maximum absolute atomic E-state index is 5.54. The molecule has 0 bridgehead atoms. The number of benzene rings is 1. The van der Waals surface area contributed by atoms with Gasteiger partial charge in [-0.1, -0.05) is 25.0 Å². The van der Waals surface area contributed by atoms with Crippen molar-refractivity contribution in [2.45, 2.75) is 44.6 Å². The van der Waals surface area contributed by atoms with Crippen LogP contribution >= 0.6 is 0 Å². The average Bonchev–Trinajstić information content (AvgIpc) is 3.16. The molecule has 4 nitrogen and oxygen atoms in total. The first-order valence-electron chi connectivity index (χ1n) is 8.07. The van der Waals surface area contributed by atoms with Crippen LogP contribution in [0.25, 0.3) is 0 Å². The van der Waals surface area contributed by atoms with Gasteiger partial charge in [-0.05, 0) is 36.5 Å². The Morgan fingerprint density at radius 1 is 1.33 bits per heavy atom. The van der Waals surface area contributed by atoms with Crippen LogP contribution in [0, 0.1) is 0 Å². The Kier molecular flexibility index (Phi) is 4.63. The molecule has 0 amide bonds. The number of fused-ring (bicyclic) bond motifs is 1. The number of guanidine groups is 1. The van der Waals surface area contributed by atoms with Crippen LogP contribution in [0.4, 0.5) is 0 Å². The Bertz CT molecular complexity index is 507. The van der Waals surface area contributed by atoms with E-state index >= 15 is 0 Å². The second-order valence-corrected chi connectivity index (χ2v) is 5.92. The molecule has 1 aliphatic carbocycles. The van der Waals surface area contributed by atoms with E-state index in [2.05, 4.69) is 33.8 Å². The molecule has 114 valence electrons.